The Labute approximate surface area is 126 Å². The van der Waals surface area contributed by atoms with E-state index in [1.165, 1.54) is 0 Å². The van der Waals surface area contributed by atoms with Crippen LogP contribution in [-0.4, -0.2) is 24.7 Å². The third kappa shape index (κ3) is 2.74. The van der Waals surface area contributed by atoms with Gasteiger partial charge in [0.2, 0.25) is 0 Å². The number of aryl methyl sites for hydroxylation is 2. The zero-order chi connectivity index (χ0) is 14.1. The lowest BCUT2D eigenvalue weighted by molar-refractivity contribution is 0.0250. The molecule has 0 radical (unpaired) electrons. The van der Waals surface area contributed by atoms with E-state index < -0.39 is 0 Å². The van der Waals surface area contributed by atoms with Crippen LogP contribution in [0.4, 0.5) is 5.82 Å². The Balaban J connectivity index is 1.79. The van der Waals surface area contributed by atoms with Crippen LogP contribution < -0.4 is 4.90 Å². The van der Waals surface area contributed by atoms with E-state index in [0.717, 1.165) is 40.6 Å². The third-order valence-corrected chi connectivity index (χ3v) is 4.31. The van der Waals surface area contributed by atoms with Gasteiger partial charge in [0.05, 0.1) is 18.8 Å². The molecule has 1 saturated heterocycles. The van der Waals surface area contributed by atoms with Crippen molar-refractivity contribution in [3.63, 3.8) is 0 Å². The van der Waals surface area contributed by atoms with Crippen molar-refractivity contribution in [3.05, 3.63) is 46.0 Å². The molecule has 2 aromatic heterocycles. The lowest BCUT2D eigenvalue weighted by Crippen LogP contribution is -2.38. The summed E-state index contributed by atoms with van der Waals surface area (Å²) in [5.74, 6) is 2.79. The lowest BCUT2D eigenvalue weighted by Gasteiger charge is -2.33. The van der Waals surface area contributed by atoms with Gasteiger partial charge in [-0.3, -0.25) is 0 Å². The maximum Gasteiger partial charge on any atom is 0.134 e. The zero-order valence-corrected chi connectivity index (χ0v) is 13.2. The lowest BCUT2D eigenvalue weighted by atomic mass is 10.2. The Morgan fingerprint density at radius 3 is 2.80 bits per heavy atom. The SMILES string of the molecule is Cc1ccc(C2CN(c3ccc(Br)c(C)n3)CCO2)o1. The molecule has 0 aliphatic carbocycles. The minimum absolute atomic E-state index is 0.0248. The van der Waals surface area contributed by atoms with E-state index in [9.17, 15) is 0 Å². The Morgan fingerprint density at radius 2 is 2.10 bits per heavy atom. The zero-order valence-electron chi connectivity index (χ0n) is 11.6. The molecule has 3 rings (SSSR count). The van der Waals surface area contributed by atoms with Crippen molar-refractivity contribution in [2.45, 2.75) is 20.0 Å². The number of aromatic nitrogens is 1. The highest BCUT2D eigenvalue weighted by Gasteiger charge is 2.25. The van der Waals surface area contributed by atoms with Gasteiger partial charge in [-0.05, 0) is 54.0 Å². The Bertz CT molecular complexity index is 612. The summed E-state index contributed by atoms with van der Waals surface area (Å²) in [5.41, 5.74) is 0.999. The van der Waals surface area contributed by atoms with Crippen LogP contribution in [0.2, 0.25) is 0 Å². The van der Waals surface area contributed by atoms with Gasteiger partial charge in [0.15, 0.2) is 0 Å². The summed E-state index contributed by atoms with van der Waals surface area (Å²) in [4.78, 5) is 6.86. The average molecular weight is 337 g/mol. The standard InChI is InChI=1S/C15H17BrN2O2/c1-10-3-5-13(20-10)14-9-18(7-8-19-14)15-6-4-12(16)11(2)17-15/h3-6,14H,7-9H2,1-2H3. The van der Waals surface area contributed by atoms with Gasteiger partial charge in [0.25, 0.3) is 0 Å². The number of furan rings is 1. The van der Waals surface area contributed by atoms with Crippen LogP contribution in [0, 0.1) is 13.8 Å². The van der Waals surface area contributed by atoms with Crippen LogP contribution in [-0.2, 0) is 4.74 Å². The van der Waals surface area contributed by atoms with Gasteiger partial charge in [-0.15, -0.1) is 0 Å². The van der Waals surface area contributed by atoms with Crippen LogP contribution in [0.25, 0.3) is 0 Å². The number of anilines is 1. The van der Waals surface area contributed by atoms with Crippen molar-refractivity contribution in [2.75, 3.05) is 24.6 Å². The summed E-state index contributed by atoms with van der Waals surface area (Å²) in [6, 6.07) is 8.04. The molecule has 1 unspecified atom stereocenters. The molecule has 1 aliphatic heterocycles. The van der Waals surface area contributed by atoms with Crippen LogP contribution in [0.5, 0.6) is 0 Å². The number of rotatable bonds is 2. The highest BCUT2D eigenvalue weighted by atomic mass is 79.9. The molecule has 0 amide bonds. The fraction of sp³-hybridized carbons (Fsp3) is 0.400. The van der Waals surface area contributed by atoms with E-state index in [1.807, 2.05) is 38.1 Å². The summed E-state index contributed by atoms with van der Waals surface area (Å²) < 4.78 is 12.5. The normalized spacial score (nSPS) is 19.4. The quantitative estimate of drug-likeness (QED) is 0.839. The first-order valence-corrected chi connectivity index (χ1v) is 7.49. The fourth-order valence-corrected chi connectivity index (χ4v) is 2.58. The molecule has 20 heavy (non-hydrogen) atoms. The van der Waals surface area contributed by atoms with Crippen LogP contribution in [0.3, 0.4) is 0 Å². The van der Waals surface area contributed by atoms with Crippen molar-refractivity contribution >= 4 is 21.7 Å². The Kier molecular flexibility index (Phi) is 3.81. The molecule has 3 heterocycles. The third-order valence-electron chi connectivity index (χ3n) is 3.48. The van der Waals surface area contributed by atoms with E-state index >= 15 is 0 Å². The van der Waals surface area contributed by atoms with Crippen LogP contribution in [0.1, 0.15) is 23.3 Å². The van der Waals surface area contributed by atoms with E-state index in [-0.39, 0.29) is 6.10 Å². The Hall–Kier alpha value is -1.33. The average Bonchev–Trinajstić information content (AvgIpc) is 2.89. The van der Waals surface area contributed by atoms with Gasteiger partial charge in [-0.1, -0.05) is 0 Å². The molecule has 0 spiro atoms. The first-order chi connectivity index (χ1) is 9.63. The first-order valence-electron chi connectivity index (χ1n) is 6.69. The number of hydrogen-bond acceptors (Lipinski definition) is 4. The van der Waals surface area contributed by atoms with Crippen LogP contribution in [0.15, 0.2) is 33.2 Å². The molecule has 0 aromatic carbocycles. The predicted octanol–water partition coefficient (Wildman–Crippen LogP) is 3.63. The van der Waals surface area contributed by atoms with Crippen molar-refractivity contribution in [3.8, 4) is 0 Å². The minimum atomic E-state index is -0.0248. The molecule has 0 saturated carbocycles. The highest BCUT2D eigenvalue weighted by Crippen LogP contribution is 2.27. The van der Waals surface area contributed by atoms with Crippen molar-refractivity contribution in [1.29, 1.82) is 0 Å². The highest BCUT2D eigenvalue weighted by molar-refractivity contribution is 9.10. The second-order valence-electron chi connectivity index (χ2n) is 4.99. The van der Waals surface area contributed by atoms with E-state index in [4.69, 9.17) is 9.15 Å². The second-order valence-corrected chi connectivity index (χ2v) is 5.84. The summed E-state index contributed by atoms with van der Waals surface area (Å²) in [6.45, 7) is 6.25. The van der Waals surface area contributed by atoms with E-state index in [1.54, 1.807) is 0 Å². The molecule has 106 valence electrons. The summed E-state index contributed by atoms with van der Waals surface area (Å²) in [6.07, 6.45) is -0.0248. The molecule has 0 bridgehead atoms. The molecule has 2 aromatic rings. The maximum atomic E-state index is 5.81. The van der Waals surface area contributed by atoms with Crippen molar-refractivity contribution < 1.29 is 9.15 Å². The summed E-state index contributed by atoms with van der Waals surface area (Å²) in [7, 11) is 0. The number of hydrogen-bond donors (Lipinski definition) is 0. The number of pyridine rings is 1. The molecule has 4 nitrogen and oxygen atoms in total. The van der Waals surface area contributed by atoms with E-state index in [0.29, 0.717) is 6.61 Å². The predicted molar refractivity (Wildman–Crippen MR) is 81.0 cm³/mol. The molecule has 1 fully saturated rings. The molecular weight excluding hydrogens is 320 g/mol. The first kappa shape index (κ1) is 13.6. The Morgan fingerprint density at radius 1 is 1.25 bits per heavy atom. The van der Waals surface area contributed by atoms with Gasteiger partial charge in [0, 0.05) is 11.0 Å². The van der Waals surface area contributed by atoms with Gasteiger partial charge in [-0.2, -0.15) is 0 Å². The molecule has 0 N–H and O–H groups in total. The fourth-order valence-electron chi connectivity index (χ4n) is 2.36. The smallest absolute Gasteiger partial charge is 0.134 e. The van der Waals surface area contributed by atoms with E-state index in [2.05, 4.69) is 25.8 Å². The van der Waals surface area contributed by atoms with Crippen LogP contribution >= 0.6 is 15.9 Å². The molecule has 5 heteroatoms. The van der Waals surface area contributed by atoms with Gasteiger partial charge < -0.3 is 14.1 Å². The number of morpholine rings is 1. The minimum Gasteiger partial charge on any atom is -0.464 e. The number of ether oxygens (including phenoxy) is 1. The number of halogens is 1. The van der Waals surface area contributed by atoms with Gasteiger partial charge in [-0.25, -0.2) is 4.98 Å². The molecule has 1 atom stereocenters. The van der Waals surface area contributed by atoms with Crippen molar-refractivity contribution in [2.24, 2.45) is 0 Å². The topological polar surface area (TPSA) is 38.5 Å². The summed E-state index contributed by atoms with van der Waals surface area (Å²) >= 11 is 3.48. The van der Waals surface area contributed by atoms with Crippen molar-refractivity contribution in [1.82, 2.24) is 4.98 Å². The van der Waals surface area contributed by atoms with Gasteiger partial charge in [0.1, 0.15) is 23.4 Å². The largest absolute Gasteiger partial charge is 0.464 e. The molecule has 1 aliphatic rings. The second kappa shape index (κ2) is 5.58. The van der Waals surface area contributed by atoms with Gasteiger partial charge >= 0.3 is 0 Å². The number of nitrogens with zero attached hydrogens (tertiary/aromatic N) is 2. The maximum absolute atomic E-state index is 5.81. The molecular formula is C15H17BrN2O2. The monoisotopic (exact) mass is 336 g/mol. The summed E-state index contributed by atoms with van der Waals surface area (Å²) in [5, 5.41) is 0.